The summed E-state index contributed by atoms with van der Waals surface area (Å²) < 4.78 is 0. The minimum absolute atomic E-state index is 0.141. The number of carbonyl (C=O) groups excluding carboxylic acids is 1. The molecule has 4 aromatic carbocycles. The minimum atomic E-state index is 0.141. The van der Waals surface area contributed by atoms with Gasteiger partial charge in [-0.15, -0.1) is 0 Å². The number of hydrogen-bond acceptors (Lipinski definition) is 1. The summed E-state index contributed by atoms with van der Waals surface area (Å²) in [7, 11) is 0. The van der Waals surface area contributed by atoms with Gasteiger partial charge in [0, 0.05) is 11.1 Å². The van der Waals surface area contributed by atoms with E-state index in [1.54, 1.807) is 0 Å². The van der Waals surface area contributed by atoms with Gasteiger partial charge in [0.1, 0.15) is 0 Å². The topological polar surface area (TPSA) is 17.1 Å². The van der Waals surface area contributed by atoms with Crippen molar-refractivity contribution in [3.63, 3.8) is 0 Å². The summed E-state index contributed by atoms with van der Waals surface area (Å²) in [6.45, 7) is 0. The Hall–Kier alpha value is -3.19. The molecule has 0 aromatic heterocycles. The molecular weight excluding hydrogens is 304 g/mol. The van der Waals surface area contributed by atoms with Crippen molar-refractivity contribution < 1.29 is 4.79 Å². The van der Waals surface area contributed by atoms with E-state index in [-0.39, 0.29) is 5.78 Å². The fraction of sp³-hybridized carbons (Fsp3) is 0.0417. The van der Waals surface area contributed by atoms with Gasteiger partial charge in [-0.2, -0.15) is 0 Å². The van der Waals surface area contributed by atoms with E-state index in [0.717, 1.165) is 34.2 Å². The monoisotopic (exact) mass is 320 g/mol. The molecule has 0 radical (unpaired) electrons. The Morgan fingerprint density at radius 3 is 2.16 bits per heavy atom. The normalized spacial score (nSPS) is 12.7. The molecule has 1 aliphatic rings. The van der Waals surface area contributed by atoms with Crippen molar-refractivity contribution in [3.05, 3.63) is 107 Å². The van der Waals surface area contributed by atoms with Crippen molar-refractivity contribution in [2.24, 2.45) is 0 Å². The molecule has 1 aliphatic carbocycles. The molecule has 0 amide bonds. The highest BCUT2D eigenvalue weighted by Gasteiger charge is 2.22. The number of hydrogen-bond donors (Lipinski definition) is 0. The van der Waals surface area contributed by atoms with Gasteiger partial charge in [0.2, 0.25) is 0 Å². The second kappa shape index (κ2) is 5.42. The van der Waals surface area contributed by atoms with Crippen molar-refractivity contribution in [1.29, 1.82) is 0 Å². The molecule has 0 saturated carbocycles. The van der Waals surface area contributed by atoms with E-state index in [1.165, 1.54) is 16.3 Å². The smallest absolute Gasteiger partial charge is 0.193 e. The average Bonchev–Trinajstić information content (AvgIpc) is 2.67. The molecule has 0 fully saturated rings. The fourth-order valence-corrected chi connectivity index (χ4v) is 3.76. The second-order valence-corrected chi connectivity index (χ2v) is 6.60. The van der Waals surface area contributed by atoms with Gasteiger partial charge in [-0.3, -0.25) is 4.79 Å². The van der Waals surface area contributed by atoms with Crippen LogP contribution in [0.25, 0.3) is 21.9 Å². The average molecular weight is 320 g/mol. The highest BCUT2D eigenvalue weighted by atomic mass is 16.1. The maximum atomic E-state index is 12.7. The van der Waals surface area contributed by atoms with Gasteiger partial charge in [0.15, 0.2) is 5.78 Å². The first-order valence-corrected chi connectivity index (χ1v) is 8.54. The maximum Gasteiger partial charge on any atom is 0.193 e. The van der Waals surface area contributed by atoms with Crippen LogP contribution in [-0.2, 0) is 6.42 Å². The molecule has 25 heavy (non-hydrogen) atoms. The van der Waals surface area contributed by atoms with Crippen LogP contribution < -0.4 is 0 Å². The maximum absolute atomic E-state index is 12.7. The molecular formula is C24H16O. The first-order valence-electron chi connectivity index (χ1n) is 8.54. The van der Waals surface area contributed by atoms with Crippen LogP contribution in [0, 0.1) is 0 Å². The lowest BCUT2D eigenvalue weighted by Crippen LogP contribution is -2.14. The Labute approximate surface area is 146 Å². The summed E-state index contributed by atoms with van der Waals surface area (Å²) in [5, 5.41) is 2.48. The Balaban J connectivity index is 1.62. The first kappa shape index (κ1) is 14.2. The molecule has 0 atom stereocenters. The molecule has 5 rings (SSSR count). The van der Waals surface area contributed by atoms with Crippen LogP contribution in [-0.4, -0.2) is 5.78 Å². The van der Waals surface area contributed by atoms with Gasteiger partial charge in [-0.25, -0.2) is 0 Å². The summed E-state index contributed by atoms with van der Waals surface area (Å²) in [4.78, 5) is 12.7. The molecule has 0 saturated heterocycles. The van der Waals surface area contributed by atoms with Gasteiger partial charge in [-0.05, 0) is 45.5 Å². The van der Waals surface area contributed by atoms with Crippen molar-refractivity contribution >= 4 is 16.6 Å². The van der Waals surface area contributed by atoms with Gasteiger partial charge in [-0.1, -0.05) is 78.9 Å². The fourth-order valence-electron chi connectivity index (χ4n) is 3.76. The molecule has 1 nitrogen and oxygen atoms in total. The standard InChI is InChI=1S/C24H16O/c25-24-22-8-4-3-7-20(22)15-21-14-19(11-12-23(21)24)18-10-9-16-5-1-2-6-17(16)13-18/h1-14H,15H2. The third-order valence-corrected chi connectivity index (χ3v) is 5.08. The van der Waals surface area contributed by atoms with Crippen LogP contribution in [0.15, 0.2) is 84.9 Å². The van der Waals surface area contributed by atoms with Crippen LogP contribution in [0.5, 0.6) is 0 Å². The number of ketones is 1. The number of fused-ring (bicyclic) bond motifs is 3. The van der Waals surface area contributed by atoms with Crippen molar-refractivity contribution in [1.82, 2.24) is 0 Å². The van der Waals surface area contributed by atoms with Gasteiger partial charge in [0.05, 0.1) is 0 Å². The Morgan fingerprint density at radius 2 is 1.24 bits per heavy atom. The van der Waals surface area contributed by atoms with Gasteiger partial charge < -0.3 is 0 Å². The molecule has 0 heterocycles. The quantitative estimate of drug-likeness (QED) is 0.390. The molecule has 0 N–H and O–H groups in total. The van der Waals surface area contributed by atoms with E-state index in [9.17, 15) is 4.79 Å². The van der Waals surface area contributed by atoms with E-state index in [2.05, 4.69) is 60.7 Å². The van der Waals surface area contributed by atoms with Crippen molar-refractivity contribution in [2.75, 3.05) is 0 Å². The Bertz CT molecular complexity index is 1140. The van der Waals surface area contributed by atoms with Crippen LogP contribution in [0.1, 0.15) is 27.0 Å². The number of carbonyl (C=O) groups is 1. The van der Waals surface area contributed by atoms with Crippen LogP contribution in [0.3, 0.4) is 0 Å². The Morgan fingerprint density at radius 1 is 0.560 bits per heavy atom. The molecule has 0 aliphatic heterocycles. The van der Waals surface area contributed by atoms with E-state index < -0.39 is 0 Å². The SMILES string of the molecule is O=C1c2ccccc2Cc2cc(-c3ccc4ccccc4c3)ccc21. The highest BCUT2D eigenvalue weighted by Crippen LogP contribution is 2.31. The van der Waals surface area contributed by atoms with E-state index in [4.69, 9.17) is 0 Å². The predicted molar refractivity (Wildman–Crippen MR) is 102 cm³/mol. The minimum Gasteiger partial charge on any atom is -0.289 e. The zero-order valence-electron chi connectivity index (χ0n) is 13.7. The third-order valence-electron chi connectivity index (χ3n) is 5.08. The van der Waals surface area contributed by atoms with E-state index in [1.807, 2.05) is 24.3 Å². The summed E-state index contributed by atoms with van der Waals surface area (Å²) in [6, 6.07) is 29.1. The summed E-state index contributed by atoms with van der Waals surface area (Å²) in [6.07, 6.45) is 0.818. The van der Waals surface area contributed by atoms with Gasteiger partial charge >= 0.3 is 0 Å². The second-order valence-electron chi connectivity index (χ2n) is 6.60. The number of rotatable bonds is 1. The summed E-state index contributed by atoms with van der Waals surface area (Å²) >= 11 is 0. The van der Waals surface area contributed by atoms with E-state index >= 15 is 0 Å². The zero-order chi connectivity index (χ0) is 16.8. The molecule has 4 aromatic rings. The lowest BCUT2D eigenvalue weighted by molar-refractivity contribution is 0.103. The van der Waals surface area contributed by atoms with Gasteiger partial charge in [0.25, 0.3) is 0 Å². The molecule has 0 bridgehead atoms. The van der Waals surface area contributed by atoms with Crippen LogP contribution in [0.2, 0.25) is 0 Å². The predicted octanol–water partition coefficient (Wildman–Crippen LogP) is 5.64. The molecule has 0 unspecified atom stereocenters. The molecule has 1 heteroatoms. The largest absolute Gasteiger partial charge is 0.289 e. The molecule has 0 spiro atoms. The summed E-state index contributed by atoms with van der Waals surface area (Å²) in [5.41, 5.74) is 6.27. The lowest BCUT2D eigenvalue weighted by atomic mass is 9.83. The zero-order valence-corrected chi connectivity index (χ0v) is 13.7. The van der Waals surface area contributed by atoms with Crippen molar-refractivity contribution in [2.45, 2.75) is 6.42 Å². The van der Waals surface area contributed by atoms with Crippen molar-refractivity contribution in [3.8, 4) is 11.1 Å². The number of benzene rings is 4. The third kappa shape index (κ3) is 2.28. The summed E-state index contributed by atoms with van der Waals surface area (Å²) in [5.74, 6) is 0.141. The van der Waals surface area contributed by atoms with Crippen LogP contribution >= 0.6 is 0 Å². The highest BCUT2D eigenvalue weighted by molar-refractivity contribution is 6.12. The van der Waals surface area contributed by atoms with Crippen LogP contribution in [0.4, 0.5) is 0 Å². The Kier molecular flexibility index (Phi) is 3.07. The van der Waals surface area contributed by atoms with E-state index in [0.29, 0.717) is 0 Å². The molecule has 118 valence electrons. The first-order chi connectivity index (χ1) is 12.3. The lowest BCUT2D eigenvalue weighted by Gasteiger charge is -2.19.